The number of methoxy groups -OCH3 is 2. The molecular weight excluding hydrogens is 717 g/mol. The molecule has 11 N–H and O–H groups in total. The minimum atomic E-state index is -1.32. The number of ether oxygens (including phenoxy) is 2. The van der Waals surface area contributed by atoms with Crippen LogP contribution in [0.5, 0.6) is 11.5 Å². The summed E-state index contributed by atoms with van der Waals surface area (Å²) in [6, 6.07) is 9.56. The zero-order chi connectivity index (χ0) is 41.6. The van der Waals surface area contributed by atoms with E-state index in [1.54, 1.807) is 24.3 Å². The quantitative estimate of drug-likeness (QED) is 0.0660. The van der Waals surface area contributed by atoms with E-state index in [-0.39, 0.29) is 37.1 Å². The monoisotopic (exact) mass is 785 g/mol. The first kappa shape index (κ1) is 47.8. The molecule has 0 spiro atoms. The molecule has 2 rings (SSSR count). The largest absolute Gasteiger partial charge is 0.496 e. The molecule has 0 aromatic heterocycles. The van der Waals surface area contributed by atoms with Gasteiger partial charge in [-0.2, -0.15) is 0 Å². The van der Waals surface area contributed by atoms with E-state index in [2.05, 4.69) is 34.7 Å². The summed E-state index contributed by atoms with van der Waals surface area (Å²) in [4.78, 5) is 60.5. The topological polar surface area (TPSA) is 237 Å². The molecular formula is C40H68N10O6. The standard InChI is InChI=1S/C40H68N10O6/c1-28(2)30-7-9-31(10-8-30)50(38(53)12-11-36(51)45-17-23-48(19-13-41)20-14-42)39(33-26-34(55-5)32(29(3)4)25-35(33)56-6)40(54)47-27-37(52)46-18-24-49(21-15-43)22-16-44/h7-10,25-26,28-29,39H,11-24,27,41-44H2,1-6H3,(H,45,51)(H,46,52)(H,47,54). The van der Waals surface area contributed by atoms with E-state index in [9.17, 15) is 19.2 Å². The molecule has 0 aliphatic carbocycles. The molecule has 16 nitrogen and oxygen atoms in total. The predicted molar refractivity (Wildman–Crippen MR) is 222 cm³/mol. The van der Waals surface area contributed by atoms with Gasteiger partial charge in [0.15, 0.2) is 0 Å². The maximum absolute atomic E-state index is 14.5. The minimum Gasteiger partial charge on any atom is -0.496 e. The van der Waals surface area contributed by atoms with Crippen LogP contribution in [0.4, 0.5) is 5.69 Å². The van der Waals surface area contributed by atoms with Gasteiger partial charge in [0.1, 0.15) is 17.5 Å². The lowest BCUT2D eigenvalue weighted by molar-refractivity contribution is -0.129. The molecule has 0 fully saturated rings. The van der Waals surface area contributed by atoms with E-state index in [0.29, 0.717) is 101 Å². The van der Waals surface area contributed by atoms with Crippen molar-refractivity contribution in [3.63, 3.8) is 0 Å². The molecule has 0 heterocycles. The Labute approximate surface area is 333 Å². The molecule has 0 aliphatic rings. The number of nitrogens with zero attached hydrogens (tertiary/aromatic N) is 3. The summed E-state index contributed by atoms with van der Waals surface area (Å²) in [5.74, 6) is -0.718. The van der Waals surface area contributed by atoms with Gasteiger partial charge in [-0.05, 0) is 41.7 Å². The number of carbonyl (C=O) groups is 4. The maximum atomic E-state index is 14.5. The Balaban J connectivity index is 2.53. The van der Waals surface area contributed by atoms with E-state index in [1.807, 2.05) is 30.9 Å². The number of hydrogen-bond donors (Lipinski definition) is 7. The fourth-order valence-corrected chi connectivity index (χ4v) is 6.33. The molecule has 2 aromatic carbocycles. The Kier molecular flexibility index (Phi) is 22.0. The Hall–Kier alpha value is -4.32. The molecule has 1 atom stereocenters. The van der Waals surface area contributed by atoms with Crippen LogP contribution < -0.4 is 53.3 Å². The van der Waals surface area contributed by atoms with Gasteiger partial charge >= 0.3 is 0 Å². The van der Waals surface area contributed by atoms with Gasteiger partial charge < -0.3 is 48.4 Å². The number of nitrogens with two attached hydrogens (primary N) is 4. The average molecular weight is 785 g/mol. The smallest absolute Gasteiger partial charge is 0.248 e. The molecule has 1 unspecified atom stereocenters. The number of rotatable bonds is 27. The van der Waals surface area contributed by atoms with Crippen molar-refractivity contribution in [2.24, 2.45) is 22.9 Å². The molecule has 314 valence electrons. The third-order valence-electron chi connectivity index (χ3n) is 9.38. The summed E-state index contributed by atoms with van der Waals surface area (Å²) >= 11 is 0. The number of benzene rings is 2. The van der Waals surface area contributed by atoms with E-state index in [4.69, 9.17) is 32.4 Å². The van der Waals surface area contributed by atoms with Crippen LogP contribution in [0.3, 0.4) is 0 Å². The van der Waals surface area contributed by atoms with Crippen LogP contribution in [0.2, 0.25) is 0 Å². The lowest BCUT2D eigenvalue weighted by atomic mass is 9.94. The van der Waals surface area contributed by atoms with Crippen LogP contribution in [0, 0.1) is 0 Å². The van der Waals surface area contributed by atoms with Crippen molar-refractivity contribution < 1.29 is 28.7 Å². The third kappa shape index (κ3) is 15.3. The summed E-state index contributed by atoms with van der Waals surface area (Å²) in [6.45, 7) is 14.0. The van der Waals surface area contributed by atoms with Gasteiger partial charge in [-0.1, -0.05) is 39.8 Å². The van der Waals surface area contributed by atoms with Gasteiger partial charge in [0.2, 0.25) is 23.6 Å². The lowest BCUT2D eigenvalue weighted by Gasteiger charge is -2.33. The Morgan fingerprint density at radius 2 is 1.11 bits per heavy atom. The Bertz CT molecular complexity index is 1500. The van der Waals surface area contributed by atoms with Crippen molar-refractivity contribution in [2.45, 2.75) is 58.4 Å². The normalized spacial score (nSPS) is 11.9. The van der Waals surface area contributed by atoms with Crippen molar-refractivity contribution in [3.8, 4) is 11.5 Å². The van der Waals surface area contributed by atoms with Crippen molar-refractivity contribution in [2.75, 3.05) is 104 Å². The molecule has 0 saturated heterocycles. The highest BCUT2D eigenvalue weighted by Gasteiger charge is 2.36. The zero-order valence-corrected chi connectivity index (χ0v) is 34.4. The van der Waals surface area contributed by atoms with Gasteiger partial charge in [0.25, 0.3) is 0 Å². The average Bonchev–Trinajstić information content (AvgIpc) is 3.17. The van der Waals surface area contributed by atoms with E-state index < -0.39 is 23.8 Å². The molecule has 56 heavy (non-hydrogen) atoms. The number of nitrogens with one attached hydrogen (secondary N) is 3. The fraction of sp³-hybridized carbons (Fsp3) is 0.600. The number of hydrogen-bond acceptors (Lipinski definition) is 12. The van der Waals surface area contributed by atoms with Crippen molar-refractivity contribution >= 4 is 29.3 Å². The minimum absolute atomic E-state index is 0.0482. The second kappa shape index (κ2) is 25.8. The van der Waals surface area contributed by atoms with Crippen molar-refractivity contribution in [3.05, 3.63) is 53.1 Å². The van der Waals surface area contributed by atoms with Crippen molar-refractivity contribution in [1.29, 1.82) is 0 Å². The SMILES string of the molecule is COc1cc(C(C(=O)NCC(=O)NCCN(CCN)CCN)N(C(=O)CCC(=O)NCCN(CCN)CCN)c2ccc(C(C)C)cc2)c(OC)cc1C(C)C. The highest BCUT2D eigenvalue weighted by molar-refractivity contribution is 6.03. The first-order chi connectivity index (χ1) is 26.8. The first-order valence-electron chi connectivity index (χ1n) is 19.6. The number of anilines is 1. The molecule has 0 bridgehead atoms. The summed E-state index contributed by atoms with van der Waals surface area (Å²) in [7, 11) is 3.03. The lowest BCUT2D eigenvalue weighted by Crippen LogP contribution is -2.47. The van der Waals surface area contributed by atoms with Crippen LogP contribution in [-0.4, -0.2) is 133 Å². The fourth-order valence-electron chi connectivity index (χ4n) is 6.33. The van der Waals surface area contributed by atoms with Crippen LogP contribution in [0.25, 0.3) is 0 Å². The maximum Gasteiger partial charge on any atom is 0.248 e. The highest BCUT2D eigenvalue weighted by Crippen LogP contribution is 2.40. The van der Waals surface area contributed by atoms with Gasteiger partial charge in [0.05, 0.1) is 20.8 Å². The van der Waals surface area contributed by atoms with E-state index in [0.717, 1.165) is 11.1 Å². The molecule has 4 amide bonds. The second-order valence-electron chi connectivity index (χ2n) is 14.2. The molecule has 2 aromatic rings. The zero-order valence-electron chi connectivity index (χ0n) is 34.4. The predicted octanol–water partition coefficient (Wildman–Crippen LogP) is 0.592. The summed E-state index contributed by atoms with van der Waals surface area (Å²) < 4.78 is 11.6. The van der Waals surface area contributed by atoms with Gasteiger partial charge in [-0.25, -0.2) is 0 Å². The van der Waals surface area contributed by atoms with Crippen LogP contribution in [0.1, 0.15) is 75.1 Å². The van der Waals surface area contributed by atoms with Gasteiger partial charge in [0, 0.05) is 108 Å². The van der Waals surface area contributed by atoms with Crippen LogP contribution in [-0.2, 0) is 19.2 Å². The van der Waals surface area contributed by atoms with Crippen LogP contribution in [0.15, 0.2) is 36.4 Å². The van der Waals surface area contributed by atoms with Gasteiger partial charge in [-0.15, -0.1) is 0 Å². The number of carbonyl (C=O) groups excluding carboxylic acids is 4. The Morgan fingerprint density at radius 3 is 1.57 bits per heavy atom. The van der Waals surface area contributed by atoms with E-state index in [1.165, 1.54) is 19.1 Å². The summed E-state index contributed by atoms with van der Waals surface area (Å²) in [6.07, 6.45) is -0.328. The molecule has 0 saturated carbocycles. The molecule has 0 radical (unpaired) electrons. The van der Waals surface area contributed by atoms with Crippen molar-refractivity contribution in [1.82, 2.24) is 25.8 Å². The van der Waals surface area contributed by atoms with Crippen LogP contribution >= 0.6 is 0 Å². The summed E-state index contributed by atoms with van der Waals surface area (Å²) in [5, 5.41) is 8.47. The highest BCUT2D eigenvalue weighted by atomic mass is 16.5. The number of amides is 4. The first-order valence-corrected chi connectivity index (χ1v) is 19.6. The summed E-state index contributed by atoms with van der Waals surface area (Å²) in [5.41, 5.74) is 25.5. The second-order valence-corrected chi connectivity index (χ2v) is 14.2. The third-order valence-corrected chi connectivity index (χ3v) is 9.38. The van der Waals surface area contributed by atoms with Gasteiger partial charge in [-0.3, -0.25) is 33.9 Å². The molecule has 16 heteroatoms. The van der Waals surface area contributed by atoms with E-state index >= 15 is 0 Å². The Morgan fingerprint density at radius 1 is 0.625 bits per heavy atom. The molecule has 0 aliphatic heterocycles.